The monoisotopic (exact) mass is 265 g/mol. The number of aromatic nitrogens is 2. The van der Waals surface area contributed by atoms with E-state index in [0.717, 1.165) is 27.7 Å². The van der Waals surface area contributed by atoms with Gasteiger partial charge in [0.25, 0.3) is 0 Å². The fraction of sp³-hybridized carbons (Fsp3) is 0.125. The van der Waals surface area contributed by atoms with Gasteiger partial charge in [0, 0.05) is 11.1 Å². The molecule has 0 aliphatic heterocycles. The van der Waals surface area contributed by atoms with Crippen LogP contribution in [0.1, 0.15) is 11.1 Å². The summed E-state index contributed by atoms with van der Waals surface area (Å²) in [6.45, 7) is 4.01. The van der Waals surface area contributed by atoms with Crippen molar-refractivity contribution in [3.05, 3.63) is 59.8 Å². The molecule has 1 heterocycles. The van der Waals surface area contributed by atoms with E-state index in [0.29, 0.717) is 0 Å². The molecule has 0 fully saturated rings. The maximum absolute atomic E-state index is 12.3. The zero-order valence-electron chi connectivity index (χ0n) is 11.4. The van der Waals surface area contributed by atoms with Gasteiger partial charge in [-0.05, 0) is 37.1 Å². The highest BCUT2D eigenvalue weighted by molar-refractivity contribution is 5.97. The summed E-state index contributed by atoms with van der Waals surface area (Å²) in [6.07, 6.45) is 1.69. The molecule has 0 spiro atoms. The van der Waals surface area contributed by atoms with Crippen LogP contribution < -0.4 is 5.32 Å². The number of nitrogens with one attached hydrogen (secondary N) is 1. The lowest BCUT2D eigenvalue weighted by atomic mass is 10.1. The molecule has 0 bridgehead atoms. The fourth-order valence-electron chi connectivity index (χ4n) is 2.19. The third kappa shape index (κ3) is 2.05. The largest absolute Gasteiger partial charge is 0.347 e. The predicted molar refractivity (Wildman–Crippen MR) is 80.1 cm³/mol. The van der Waals surface area contributed by atoms with E-state index in [1.165, 1.54) is 4.68 Å². The Hall–Kier alpha value is -2.62. The fourth-order valence-corrected chi connectivity index (χ4v) is 2.19. The van der Waals surface area contributed by atoms with Crippen molar-refractivity contribution < 1.29 is 4.79 Å². The average Bonchev–Trinajstić information content (AvgIpc) is 2.88. The summed E-state index contributed by atoms with van der Waals surface area (Å²) in [5.74, 6) is 0. The number of hydrogen-bond donors (Lipinski definition) is 1. The molecule has 0 atom stereocenters. The van der Waals surface area contributed by atoms with Crippen LogP contribution in [0.25, 0.3) is 10.9 Å². The van der Waals surface area contributed by atoms with E-state index in [1.807, 2.05) is 56.3 Å². The summed E-state index contributed by atoms with van der Waals surface area (Å²) in [7, 11) is 0. The van der Waals surface area contributed by atoms with Crippen LogP contribution in [0.15, 0.2) is 48.7 Å². The molecule has 1 N–H and O–H groups in total. The van der Waals surface area contributed by atoms with Crippen LogP contribution in [0, 0.1) is 13.8 Å². The maximum atomic E-state index is 12.3. The molecule has 100 valence electrons. The molecule has 0 aliphatic carbocycles. The van der Waals surface area contributed by atoms with Crippen molar-refractivity contribution in [3.8, 4) is 0 Å². The Morgan fingerprint density at radius 3 is 2.75 bits per heavy atom. The average molecular weight is 265 g/mol. The van der Waals surface area contributed by atoms with Gasteiger partial charge in [-0.15, -0.1) is 0 Å². The van der Waals surface area contributed by atoms with Crippen molar-refractivity contribution in [1.82, 2.24) is 9.78 Å². The smallest absolute Gasteiger partial charge is 0.306 e. The molecular weight excluding hydrogens is 250 g/mol. The molecule has 4 heteroatoms. The number of anilines is 1. The van der Waals surface area contributed by atoms with Gasteiger partial charge >= 0.3 is 6.03 Å². The van der Waals surface area contributed by atoms with Crippen molar-refractivity contribution in [2.24, 2.45) is 0 Å². The van der Waals surface area contributed by atoms with Crippen molar-refractivity contribution in [3.63, 3.8) is 0 Å². The quantitative estimate of drug-likeness (QED) is 0.728. The Morgan fingerprint density at radius 1 is 1.10 bits per heavy atom. The van der Waals surface area contributed by atoms with Gasteiger partial charge in [-0.25, -0.2) is 4.79 Å². The number of hydrogen-bond acceptors (Lipinski definition) is 2. The van der Waals surface area contributed by atoms with E-state index in [4.69, 9.17) is 0 Å². The minimum atomic E-state index is -0.250. The minimum absolute atomic E-state index is 0.250. The summed E-state index contributed by atoms with van der Waals surface area (Å²) < 4.78 is 1.39. The first-order valence-electron chi connectivity index (χ1n) is 6.47. The molecule has 2 aromatic carbocycles. The first kappa shape index (κ1) is 12.4. The van der Waals surface area contributed by atoms with Crippen LogP contribution in [-0.4, -0.2) is 15.8 Å². The highest BCUT2D eigenvalue weighted by atomic mass is 16.2. The SMILES string of the molecule is Cc1cccc(NC(=O)n2ncc3ccccc32)c1C. The third-order valence-electron chi connectivity index (χ3n) is 3.52. The zero-order valence-corrected chi connectivity index (χ0v) is 11.4. The molecule has 1 amide bonds. The van der Waals surface area contributed by atoms with E-state index >= 15 is 0 Å². The molecular formula is C16H15N3O. The lowest BCUT2D eigenvalue weighted by Gasteiger charge is -2.10. The molecule has 0 radical (unpaired) electrons. The number of rotatable bonds is 1. The van der Waals surface area contributed by atoms with E-state index in [1.54, 1.807) is 6.20 Å². The van der Waals surface area contributed by atoms with Gasteiger partial charge < -0.3 is 5.32 Å². The highest BCUT2D eigenvalue weighted by Gasteiger charge is 2.11. The summed E-state index contributed by atoms with van der Waals surface area (Å²) >= 11 is 0. The number of amides is 1. The van der Waals surface area contributed by atoms with Gasteiger partial charge in [0.1, 0.15) is 0 Å². The summed E-state index contributed by atoms with van der Waals surface area (Å²) in [5, 5.41) is 8.00. The molecule has 0 aliphatic rings. The molecule has 0 saturated heterocycles. The Bertz CT molecular complexity index is 789. The number of para-hydroxylation sites is 1. The number of carbonyl (C=O) groups is 1. The number of fused-ring (bicyclic) bond motifs is 1. The lowest BCUT2D eigenvalue weighted by Crippen LogP contribution is -2.21. The summed E-state index contributed by atoms with van der Waals surface area (Å²) in [5.41, 5.74) is 3.83. The predicted octanol–water partition coefficient (Wildman–Crippen LogP) is 3.73. The first-order valence-corrected chi connectivity index (χ1v) is 6.47. The number of nitrogens with zero attached hydrogens (tertiary/aromatic N) is 2. The van der Waals surface area contributed by atoms with Crippen LogP contribution in [0.2, 0.25) is 0 Å². The van der Waals surface area contributed by atoms with Crippen molar-refractivity contribution >= 4 is 22.6 Å². The first-order chi connectivity index (χ1) is 9.66. The molecule has 0 unspecified atom stereocenters. The highest BCUT2D eigenvalue weighted by Crippen LogP contribution is 2.19. The standard InChI is InChI=1S/C16H15N3O/c1-11-6-5-8-14(12(11)2)18-16(20)19-15-9-4-3-7-13(15)10-17-19/h3-10H,1-2H3,(H,18,20). The lowest BCUT2D eigenvalue weighted by molar-refractivity contribution is 0.252. The second-order valence-electron chi connectivity index (χ2n) is 4.79. The summed E-state index contributed by atoms with van der Waals surface area (Å²) in [6, 6.07) is 13.2. The maximum Gasteiger partial charge on any atom is 0.347 e. The normalized spacial score (nSPS) is 10.7. The van der Waals surface area contributed by atoms with Crippen molar-refractivity contribution in [2.75, 3.05) is 5.32 Å². The van der Waals surface area contributed by atoms with Crippen molar-refractivity contribution in [1.29, 1.82) is 0 Å². The molecule has 3 rings (SSSR count). The van der Waals surface area contributed by atoms with E-state index in [9.17, 15) is 4.79 Å². The van der Waals surface area contributed by atoms with E-state index in [2.05, 4.69) is 10.4 Å². The second kappa shape index (κ2) is 4.81. The van der Waals surface area contributed by atoms with Crippen LogP contribution in [0.4, 0.5) is 10.5 Å². The molecule has 4 nitrogen and oxygen atoms in total. The summed E-state index contributed by atoms with van der Waals surface area (Å²) in [4.78, 5) is 12.3. The van der Waals surface area contributed by atoms with Crippen molar-refractivity contribution in [2.45, 2.75) is 13.8 Å². The van der Waals surface area contributed by atoms with Gasteiger partial charge in [0.2, 0.25) is 0 Å². The number of carbonyl (C=O) groups excluding carboxylic acids is 1. The zero-order chi connectivity index (χ0) is 14.1. The van der Waals surface area contributed by atoms with Gasteiger partial charge in [0.05, 0.1) is 11.7 Å². The molecule has 3 aromatic rings. The Morgan fingerprint density at radius 2 is 1.90 bits per heavy atom. The van der Waals surface area contributed by atoms with Gasteiger partial charge in [-0.2, -0.15) is 9.78 Å². The van der Waals surface area contributed by atoms with Crippen LogP contribution in [0.3, 0.4) is 0 Å². The molecule has 1 aromatic heterocycles. The Kier molecular flexibility index (Phi) is 2.99. The van der Waals surface area contributed by atoms with E-state index < -0.39 is 0 Å². The Labute approximate surface area is 117 Å². The topological polar surface area (TPSA) is 46.9 Å². The van der Waals surface area contributed by atoms with Gasteiger partial charge in [0.15, 0.2) is 0 Å². The van der Waals surface area contributed by atoms with E-state index in [-0.39, 0.29) is 6.03 Å². The second-order valence-corrected chi connectivity index (χ2v) is 4.79. The molecule has 20 heavy (non-hydrogen) atoms. The number of aryl methyl sites for hydroxylation is 1. The van der Waals surface area contributed by atoms with Crippen LogP contribution in [-0.2, 0) is 0 Å². The van der Waals surface area contributed by atoms with Crippen LogP contribution in [0.5, 0.6) is 0 Å². The molecule has 0 saturated carbocycles. The Balaban J connectivity index is 1.95. The minimum Gasteiger partial charge on any atom is -0.306 e. The van der Waals surface area contributed by atoms with Crippen LogP contribution >= 0.6 is 0 Å². The van der Waals surface area contributed by atoms with Gasteiger partial charge in [-0.1, -0.05) is 30.3 Å². The van der Waals surface area contributed by atoms with Gasteiger partial charge in [-0.3, -0.25) is 0 Å². The number of benzene rings is 2. The third-order valence-corrected chi connectivity index (χ3v) is 3.52.